The van der Waals surface area contributed by atoms with E-state index < -0.39 is 11.7 Å². The predicted octanol–water partition coefficient (Wildman–Crippen LogP) is 2.24. The lowest BCUT2D eigenvalue weighted by Crippen LogP contribution is -2.29. The molecule has 0 saturated heterocycles. The van der Waals surface area contributed by atoms with Crippen LogP contribution in [0.1, 0.15) is 11.3 Å². The number of alkyl halides is 3. The van der Waals surface area contributed by atoms with Gasteiger partial charge in [0.05, 0.1) is 24.2 Å². The van der Waals surface area contributed by atoms with Crippen LogP contribution in [0.15, 0.2) is 42.0 Å². The lowest BCUT2D eigenvalue weighted by molar-refractivity contribution is -0.137. The maximum Gasteiger partial charge on any atom is 0.417 e. The van der Waals surface area contributed by atoms with Gasteiger partial charge in [-0.25, -0.2) is 19.9 Å². The predicted molar refractivity (Wildman–Crippen MR) is 94.9 cm³/mol. The Bertz CT molecular complexity index is 1150. The van der Waals surface area contributed by atoms with Crippen LogP contribution in [-0.2, 0) is 10.9 Å². The van der Waals surface area contributed by atoms with Gasteiger partial charge in [-0.2, -0.15) is 33.3 Å². The molecule has 0 aromatic carbocycles. The number of rotatable bonds is 3. The van der Waals surface area contributed by atoms with E-state index in [4.69, 9.17) is 10.00 Å². The van der Waals surface area contributed by atoms with E-state index in [2.05, 4.69) is 25.0 Å². The molecule has 0 N–H and O–H groups in total. The monoisotopic (exact) mass is 400 g/mol. The highest BCUT2D eigenvalue weighted by atomic mass is 19.4. The van der Waals surface area contributed by atoms with Crippen molar-refractivity contribution < 1.29 is 17.9 Å². The molecule has 1 aliphatic heterocycles. The van der Waals surface area contributed by atoms with Crippen molar-refractivity contribution in [2.24, 2.45) is 5.10 Å². The van der Waals surface area contributed by atoms with Gasteiger partial charge in [-0.3, -0.25) is 0 Å². The van der Waals surface area contributed by atoms with E-state index in [0.717, 1.165) is 12.3 Å². The minimum atomic E-state index is -4.56. The van der Waals surface area contributed by atoms with Gasteiger partial charge in [0.25, 0.3) is 0 Å². The average molecular weight is 400 g/mol. The third-order valence-corrected chi connectivity index (χ3v) is 4.02. The number of aromatic nitrogens is 5. The van der Waals surface area contributed by atoms with Gasteiger partial charge >= 0.3 is 6.18 Å². The van der Waals surface area contributed by atoms with Crippen molar-refractivity contribution in [2.45, 2.75) is 12.3 Å². The Balaban J connectivity index is 1.90. The van der Waals surface area contributed by atoms with Crippen LogP contribution in [0.5, 0.6) is 0 Å². The largest absolute Gasteiger partial charge is 0.417 e. The second kappa shape index (κ2) is 6.95. The van der Waals surface area contributed by atoms with Crippen molar-refractivity contribution in [3.8, 4) is 17.6 Å². The number of halogens is 3. The van der Waals surface area contributed by atoms with Gasteiger partial charge in [0.15, 0.2) is 17.2 Å². The molecule has 0 bridgehead atoms. The van der Waals surface area contributed by atoms with Gasteiger partial charge in [-0.1, -0.05) is 0 Å². The molecule has 0 amide bonds. The first kappa shape index (κ1) is 18.5. The fourth-order valence-corrected chi connectivity index (χ4v) is 2.61. The maximum absolute atomic E-state index is 13.1. The van der Waals surface area contributed by atoms with Gasteiger partial charge < -0.3 is 4.74 Å². The molecule has 0 radical (unpaired) electrons. The number of nitriles is 1. The fraction of sp³-hybridized carbons (Fsp3) is 0.176. The molecule has 29 heavy (non-hydrogen) atoms. The third-order valence-electron chi connectivity index (χ3n) is 4.02. The Labute approximate surface area is 161 Å². The van der Waals surface area contributed by atoms with Gasteiger partial charge in [0.1, 0.15) is 23.4 Å². The summed E-state index contributed by atoms with van der Waals surface area (Å²) in [5, 5.41) is 14.5. The molecule has 1 unspecified atom stereocenters. The van der Waals surface area contributed by atoms with E-state index in [1.165, 1.54) is 35.5 Å². The van der Waals surface area contributed by atoms with Gasteiger partial charge in [0.2, 0.25) is 0 Å². The minimum Gasteiger partial charge on any atom is -0.372 e. The highest BCUT2D eigenvalue weighted by Gasteiger charge is 2.32. The molecule has 4 heterocycles. The first-order valence-electron chi connectivity index (χ1n) is 8.13. The van der Waals surface area contributed by atoms with Crippen molar-refractivity contribution in [3.05, 3.63) is 48.2 Å². The lowest BCUT2D eigenvalue weighted by Gasteiger charge is -2.22. The molecule has 3 aromatic heterocycles. The Morgan fingerprint density at radius 1 is 1.17 bits per heavy atom. The van der Waals surface area contributed by atoms with Crippen LogP contribution in [0.2, 0.25) is 0 Å². The lowest BCUT2D eigenvalue weighted by atomic mass is 10.2. The van der Waals surface area contributed by atoms with E-state index in [9.17, 15) is 13.2 Å². The molecule has 1 atom stereocenters. The second-order valence-electron chi connectivity index (χ2n) is 5.84. The van der Waals surface area contributed by atoms with Crippen LogP contribution in [-0.4, -0.2) is 44.0 Å². The zero-order chi connectivity index (χ0) is 20.6. The summed E-state index contributed by atoms with van der Waals surface area (Å²) in [6, 6.07) is 2.75. The first-order chi connectivity index (χ1) is 13.9. The second-order valence-corrected chi connectivity index (χ2v) is 5.84. The Morgan fingerprint density at radius 2 is 2.00 bits per heavy atom. The smallest absolute Gasteiger partial charge is 0.372 e. The highest BCUT2D eigenvalue weighted by molar-refractivity contribution is 5.78. The van der Waals surface area contributed by atoms with E-state index in [1.54, 1.807) is 12.3 Å². The summed E-state index contributed by atoms with van der Waals surface area (Å²) in [5.74, 6) is 0.154. The zero-order valence-electron chi connectivity index (χ0n) is 14.7. The van der Waals surface area contributed by atoms with Crippen LogP contribution in [0, 0.1) is 11.3 Å². The average Bonchev–Trinajstić information content (AvgIpc) is 3.12. The fourth-order valence-electron chi connectivity index (χ4n) is 2.61. The summed E-state index contributed by atoms with van der Waals surface area (Å²) >= 11 is 0. The SMILES string of the molecule is COC1C=CN(n2c(-c3cnc(C#N)cn3)nc3cc(C(F)(F)F)cnc32)N=C1. The molecule has 1 aliphatic rings. The third kappa shape index (κ3) is 3.39. The molecule has 0 saturated carbocycles. The number of methoxy groups -OCH3 is 1. The molecule has 9 nitrogen and oxygen atoms in total. The quantitative estimate of drug-likeness (QED) is 0.664. The summed E-state index contributed by atoms with van der Waals surface area (Å²) in [6.45, 7) is 0. The van der Waals surface area contributed by atoms with E-state index in [1.807, 2.05) is 6.07 Å². The minimum absolute atomic E-state index is 0.00144. The van der Waals surface area contributed by atoms with Crippen molar-refractivity contribution in [3.63, 3.8) is 0 Å². The Kier molecular flexibility index (Phi) is 4.44. The van der Waals surface area contributed by atoms with Crippen LogP contribution in [0.3, 0.4) is 0 Å². The van der Waals surface area contributed by atoms with Crippen molar-refractivity contribution in [1.29, 1.82) is 5.26 Å². The van der Waals surface area contributed by atoms with E-state index in [0.29, 0.717) is 0 Å². The highest BCUT2D eigenvalue weighted by Crippen LogP contribution is 2.31. The van der Waals surface area contributed by atoms with Crippen LogP contribution < -0.4 is 5.12 Å². The summed E-state index contributed by atoms with van der Waals surface area (Å²) < 4.78 is 45.8. The Hall–Kier alpha value is -3.85. The van der Waals surface area contributed by atoms with Crippen molar-refractivity contribution in [2.75, 3.05) is 12.2 Å². The number of imidazole rings is 1. The molecule has 0 aliphatic carbocycles. The van der Waals surface area contributed by atoms with Crippen molar-refractivity contribution >= 4 is 17.4 Å². The first-order valence-corrected chi connectivity index (χ1v) is 8.13. The molecule has 12 heteroatoms. The normalized spacial score (nSPS) is 16.4. The number of nitrogens with zero attached hydrogens (tertiary/aromatic N) is 8. The van der Waals surface area contributed by atoms with Crippen LogP contribution in [0.4, 0.5) is 13.2 Å². The molecule has 3 aromatic rings. The van der Waals surface area contributed by atoms with Gasteiger partial charge in [0, 0.05) is 19.5 Å². The number of ether oxygens (including phenoxy) is 1. The number of hydrogen-bond donors (Lipinski definition) is 0. The molecular formula is C17H11F3N8O. The zero-order valence-corrected chi connectivity index (χ0v) is 14.7. The molecule has 4 rings (SSSR count). The summed E-state index contributed by atoms with van der Waals surface area (Å²) in [6.07, 6.45) is 3.12. The number of pyridine rings is 1. The van der Waals surface area contributed by atoms with Crippen LogP contribution in [0.25, 0.3) is 22.7 Å². The van der Waals surface area contributed by atoms with E-state index >= 15 is 0 Å². The van der Waals surface area contributed by atoms with E-state index in [-0.39, 0.29) is 34.5 Å². The van der Waals surface area contributed by atoms with Gasteiger partial charge in [-0.05, 0) is 12.1 Å². The van der Waals surface area contributed by atoms with Crippen LogP contribution >= 0.6 is 0 Å². The maximum atomic E-state index is 13.1. The molecule has 0 spiro atoms. The Morgan fingerprint density at radius 3 is 2.59 bits per heavy atom. The molecule has 146 valence electrons. The molecular weight excluding hydrogens is 389 g/mol. The summed E-state index contributed by atoms with van der Waals surface area (Å²) in [7, 11) is 1.52. The summed E-state index contributed by atoms with van der Waals surface area (Å²) in [4.78, 5) is 16.3. The number of hydrogen-bond acceptors (Lipinski definition) is 8. The molecule has 0 fully saturated rings. The van der Waals surface area contributed by atoms with Crippen molar-refractivity contribution in [1.82, 2.24) is 24.6 Å². The standard InChI is InChI=1S/C17H11F3N8O/c1-29-12-2-3-27(25-8-12)28-15-13(4-10(6-24-15)17(18,19)20)26-16(28)14-9-22-11(5-21)7-23-14/h2-4,6-9,12H,1H3. The van der Waals surface area contributed by atoms with Gasteiger partial charge in [-0.15, -0.1) is 0 Å². The topological polar surface area (TPSA) is 105 Å². The number of fused-ring (bicyclic) bond motifs is 1. The summed E-state index contributed by atoms with van der Waals surface area (Å²) in [5.41, 5.74) is -0.472. The number of hydrazone groups is 1.